The molecule has 0 saturated heterocycles. The second-order valence-corrected chi connectivity index (χ2v) is 9.62. The van der Waals surface area contributed by atoms with Gasteiger partial charge in [-0.25, -0.2) is 4.79 Å². The van der Waals surface area contributed by atoms with Crippen LogP contribution in [0.5, 0.6) is 11.5 Å². The van der Waals surface area contributed by atoms with Crippen LogP contribution in [0.25, 0.3) is 0 Å². The SMILES string of the molecule is CC(C)N1C(=O)Nc2ccc(Oc3ccc(Cl)cc3Cl)cc2P1(C)=O. The van der Waals surface area contributed by atoms with Crippen molar-refractivity contribution in [2.24, 2.45) is 0 Å². The van der Waals surface area contributed by atoms with E-state index in [0.29, 0.717) is 32.5 Å². The molecule has 1 atom stereocenters. The van der Waals surface area contributed by atoms with Crippen LogP contribution in [-0.2, 0) is 4.57 Å². The van der Waals surface area contributed by atoms with Crippen LogP contribution in [0.2, 0.25) is 10.0 Å². The summed E-state index contributed by atoms with van der Waals surface area (Å²) < 4.78 is 20.5. The topological polar surface area (TPSA) is 58.6 Å². The van der Waals surface area contributed by atoms with E-state index in [-0.39, 0.29) is 12.1 Å². The van der Waals surface area contributed by atoms with Gasteiger partial charge >= 0.3 is 6.03 Å². The normalized spacial score (nSPS) is 19.6. The Morgan fingerprint density at radius 2 is 1.88 bits per heavy atom. The molecule has 2 aromatic carbocycles. The van der Waals surface area contributed by atoms with Crippen molar-refractivity contribution in [1.29, 1.82) is 0 Å². The maximum atomic E-state index is 13.3. The molecular weight excluding hydrogens is 382 g/mol. The fourth-order valence-electron chi connectivity index (χ4n) is 2.85. The Bertz CT molecular complexity index is 901. The highest BCUT2D eigenvalue weighted by Crippen LogP contribution is 2.51. The van der Waals surface area contributed by atoms with Gasteiger partial charge in [0.1, 0.15) is 11.5 Å². The minimum absolute atomic E-state index is 0.195. The molecule has 0 aromatic heterocycles. The highest BCUT2D eigenvalue weighted by atomic mass is 35.5. The summed E-state index contributed by atoms with van der Waals surface area (Å²) in [5, 5.41) is 4.20. The molecule has 0 fully saturated rings. The number of carbonyl (C=O) groups excluding carboxylic acids is 1. The summed E-state index contributed by atoms with van der Waals surface area (Å²) in [5.74, 6) is 0.919. The molecule has 132 valence electrons. The van der Waals surface area contributed by atoms with Crippen molar-refractivity contribution in [3.8, 4) is 11.5 Å². The number of hydrogen-bond donors (Lipinski definition) is 1. The van der Waals surface area contributed by atoms with Crippen LogP contribution in [-0.4, -0.2) is 23.4 Å². The lowest BCUT2D eigenvalue weighted by Crippen LogP contribution is -2.44. The summed E-state index contributed by atoms with van der Waals surface area (Å²) >= 11 is 12.0. The van der Waals surface area contributed by atoms with Crippen molar-refractivity contribution in [2.75, 3.05) is 12.0 Å². The monoisotopic (exact) mass is 398 g/mol. The Morgan fingerprint density at radius 3 is 2.52 bits per heavy atom. The number of rotatable bonds is 3. The van der Waals surface area contributed by atoms with Gasteiger partial charge < -0.3 is 10.1 Å². The summed E-state index contributed by atoms with van der Waals surface area (Å²) in [6.45, 7) is 5.24. The maximum absolute atomic E-state index is 13.3. The zero-order valence-electron chi connectivity index (χ0n) is 13.9. The van der Waals surface area contributed by atoms with Crippen molar-refractivity contribution < 1.29 is 14.1 Å². The fourth-order valence-corrected chi connectivity index (χ4v) is 5.75. The lowest BCUT2D eigenvalue weighted by Gasteiger charge is -2.37. The summed E-state index contributed by atoms with van der Waals surface area (Å²) in [6.07, 6.45) is 0. The largest absolute Gasteiger partial charge is 0.456 e. The van der Waals surface area contributed by atoms with E-state index < -0.39 is 7.29 Å². The molecule has 2 aromatic rings. The van der Waals surface area contributed by atoms with Gasteiger partial charge in [-0.1, -0.05) is 23.2 Å². The molecule has 0 aliphatic carbocycles. The van der Waals surface area contributed by atoms with E-state index in [1.165, 1.54) is 4.67 Å². The Labute approximate surface area is 156 Å². The van der Waals surface area contributed by atoms with Crippen molar-refractivity contribution in [1.82, 2.24) is 4.67 Å². The first-order valence-corrected chi connectivity index (χ1v) is 10.5. The molecule has 2 amide bonds. The van der Waals surface area contributed by atoms with Crippen LogP contribution in [0.1, 0.15) is 13.8 Å². The lowest BCUT2D eigenvalue weighted by molar-refractivity contribution is 0.229. The van der Waals surface area contributed by atoms with Crippen LogP contribution in [0.15, 0.2) is 36.4 Å². The Kier molecular flexibility index (Phi) is 4.76. The van der Waals surface area contributed by atoms with Gasteiger partial charge in [-0.15, -0.1) is 0 Å². The molecule has 0 saturated carbocycles. The molecule has 3 rings (SSSR count). The van der Waals surface area contributed by atoms with Gasteiger partial charge in [0.25, 0.3) is 0 Å². The Balaban J connectivity index is 2.01. The zero-order chi connectivity index (χ0) is 18.4. The number of amides is 2. The number of anilines is 1. The summed E-state index contributed by atoms with van der Waals surface area (Å²) in [4.78, 5) is 12.2. The highest BCUT2D eigenvalue weighted by Gasteiger charge is 2.40. The van der Waals surface area contributed by atoms with Crippen molar-refractivity contribution >= 4 is 47.5 Å². The Hall–Kier alpha value is -1.68. The summed E-state index contributed by atoms with van der Waals surface area (Å²) in [6, 6.07) is 9.42. The molecule has 0 bridgehead atoms. The third kappa shape index (κ3) is 3.37. The lowest BCUT2D eigenvalue weighted by atomic mass is 10.3. The van der Waals surface area contributed by atoms with Gasteiger partial charge in [0, 0.05) is 17.7 Å². The average molecular weight is 399 g/mol. The maximum Gasteiger partial charge on any atom is 0.327 e. The number of carbonyl (C=O) groups is 1. The van der Waals surface area contributed by atoms with Gasteiger partial charge in [0.15, 0.2) is 0 Å². The molecule has 0 spiro atoms. The molecule has 1 aliphatic heterocycles. The first kappa shape index (κ1) is 18.1. The van der Waals surface area contributed by atoms with Crippen LogP contribution < -0.4 is 15.4 Å². The van der Waals surface area contributed by atoms with E-state index in [4.69, 9.17) is 27.9 Å². The predicted octanol–water partition coefficient (Wildman–Crippen LogP) is 5.57. The molecule has 1 N–H and O–H groups in total. The third-order valence-corrected chi connectivity index (χ3v) is 7.15. The van der Waals surface area contributed by atoms with Crippen LogP contribution in [0.3, 0.4) is 0 Å². The van der Waals surface area contributed by atoms with E-state index in [9.17, 15) is 9.36 Å². The van der Waals surface area contributed by atoms with Crippen LogP contribution in [0, 0.1) is 0 Å². The standard InChI is InChI=1S/C17H17Cl2N2O3P/c1-10(2)21-17(22)20-14-6-5-12(9-16(14)25(21,3)23)24-15-7-4-11(18)8-13(15)19/h4-10H,1-3H3,(H,20,22). The molecule has 25 heavy (non-hydrogen) atoms. The second-order valence-electron chi connectivity index (χ2n) is 6.10. The molecule has 1 unspecified atom stereocenters. The van der Waals surface area contributed by atoms with Crippen LogP contribution >= 0.6 is 30.5 Å². The molecule has 1 aliphatic rings. The number of fused-ring (bicyclic) bond motifs is 1. The van der Waals surface area contributed by atoms with Gasteiger partial charge in [-0.2, -0.15) is 0 Å². The summed E-state index contributed by atoms with van der Waals surface area (Å²) in [5.41, 5.74) is 0.530. The molecule has 5 nitrogen and oxygen atoms in total. The van der Waals surface area contributed by atoms with Crippen molar-refractivity contribution in [3.05, 3.63) is 46.4 Å². The number of ether oxygens (including phenoxy) is 1. The van der Waals surface area contributed by atoms with E-state index >= 15 is 0 Å². The first-order chi connectivity index (χ1) is 11.7. The van der Waals surface area contributed by atoms with E-state index in [2.05, 4.69) is 5.32 Å². The van der Waals surface area contributed by atoms with E-state index in [1.807, 2.05) is 13.8 Å². The minimum atomic E-state index is -3.06. The fraction of sp³-hybridized carbons (Fsp3) is 0.235. The molecule has 1 heterocycles. The summed E-state index contributed by atoms with van der Waals surface area (Å²) in [7, 11) is -3.06. The quantitative estimate of drug-likeness (QED) is 0.686. The smallest absolute Gasteiger partial charge is 0.327 e. The predicted molar refractivity (Wildman–Crippen MR) is 102 cm³/mol. The first-order valence-electron chi connectivity index (χ1n) is 7.66. The van der Waals surface area contributed by atoms with Crippen LogP contribution in [0.4, 0.5) is 10.5 Å². The zero-order valence-corrected chi connectivity index (χ0v) is 16.3. The van der Waals surface area contributed by atoms with Crippen molar-refractivity contribution in [3.63, 3.8) is 0 Å². The molecule has 8 heteroatoms. The number of halogens is 2. The number of hydrogen-bond acceptors (Lipinski definition) is 3. The number of nitrogens with zero attached hydrogens (tertiary/aromatic N) is 1. The minimum Gasteiger partial charge on any atom is -0.456 e. The Morgan fingerprint density at radius 1 is 1.16 bits per heavy atom. The van der Waals surface area contributed by atoms with Crippen molar-refractivity contribution in [2.45, 2.75) is 19.9 Å². The van der Waals surface area contributed by atoms with Gasteiger partial charge in [-0.3, -0.25) is 9.24 Å². The molecule has 0 radical (unpaired) electrons. The highest BCUT2D eigenvalue weighted by molar-refractivity contribution is 7.69. The van der Waals surface area contributed by atoms with E-state index in [1.54, 1.807) is 43.1 Å². The second kappa shape index (κ2) is 6.56. The van der Waals surface area contributed by atoms with Gasteiger partial charge in [0.05, 0.1) is 16.0 Å². The number of benzene rings is 2. The van der Waals surface area contributed by atoms with Gasteiger partial charge in [-0.05, 0) is 50.2 Å². The molecular formula is C17H17Cl2N2O3P. The number of nitrogens with one attached hydrogen (secondary N) is 1. The number of urea groups is 1. The average Bonchev–Trinajstić information content (AvgIpc) is 2.49. The third-order valence-electron chi connectivity index (χ3n) is 3.89. The van der Waals surface area contributed by atoms with E-state index in [0.717, 1.165) is 0 Å². The van der Waals surface area contributed by atoms with Gasteiger partial charge in [0.2, 0.25) is 7.29 Å².